The fourth-order valence-electron chi connectivity index (χ4n) is 1.52. The smallest absolute Gasteiger partial charge is 0.0724 e. The Hall–Kier alpha value is -1.06. The number of aryl methyl sites for hydroxylation is 1. The van der Waals surface area contributed by atoms with Gasteiger partial charge in [0.05, 0.1) is 6.10 Å². The van der Waals surface area contributed by atoms with Crippen LogP contribution < -0.4 is 11.1 Å². The number of benzene rings is 1. The molecule has 1 rings (SSSR count). The highest BCUT2D eigenvalue weighted by molar-refractivity contribution is 5.51. The summed E-state index contributed by atoms with van der Waals surface area (Å²) in [5.41, 5.74) is 7.75. The Bertz CT molecular complexity index is 289. The largest absolute Gasteiger partial charge is 0.391 e. The van der Waals surface area contributed by atoms with E-state index in [1.807, 2.05) is 18.2 Å². The van der Waals surface area contributed by atoms with Gasteiger partial charge in [0.25, 0.3) is 0 Å². The summed E-state index contributed by atoms with van der Waals surface area (Å²) < 4.78 is 0. The van der Waals surface area contributed by atoms with Crippen LogP contribution in [0.1, 0.15) is 18.9 Å². The molecule has 0 fully saturated rings. The molecule has 0 bridgehead atoms. The summed E-state index contributed by atoms with van der Waals surface area (Å²) in [5.74, 6) is 0. The van der Waals surface area contributed by atoms with Crippen LogP contribution in [0.2, 0.25) is 0 Å². The van der Waals surface area contributed by atoms with Crippen molar-refractivity contribution in [3.63, 3.8) is 0 Å². The Labute approximate surface area is 91.3 Å². The van der Waals surface area contributed by atoms with E-state index in [1.165, 1.54) is 5.56 Å². The van der Waals surface area contributed by atoms with Crippen LogP contribution in [0.3, 0.4) is 0 Å². The lowest BCUT2D eigenvalue weighted by Crippen LogP contribution is -2.22. The number of hydrogen-bond acceptors (Lipinski definition) is 3. The van der Waals surface area contributed by atoms with Gasteiger partial charge < -0.3 is 16.2 Å². The zero-order valence-corrected chi connectivity index (χ0v) is 9.24. The maximum Gasteiger partial charge on any atom is 0.0724 e. The fourth-order valence-corrected chi connectivity index (χ4v) is 1.52. The lowest BCUT2D eigenvalue weighted by Gasteiger charge is -2.14. The van der Waals surface area contributed by atoms with E-state index in [2.05, 4.69) is 18.3 Å². The maximum absolute atomic E-state index is 9.53. The van der Waals surface area contributed by atoms with Gasteiger partial charge in [-0.15, -0.1) is 0 Å². The molecule has 1 aromatic rings. The van der Waals surface area contributed by atoms with Crippen LogP contribution in [0.5, 0.6) is 0 Å². The van der Waals surface area contributed by atoms with Crippen molar-refractivity contribution in [1.82, 2.24) is 0 Å². The quantitative estimate of drug-likeness (QED) is 0.662. The van der Waals surface area contributed by atoms with Crippen molar-refractivity contribution in [2.45, 2.75) is 25.9 Å². The Kier molecular flexibility index (Phi) is 5.15. The van der Waals surface area contributed by atoms with E-state index >= 15 is 0 Å². The van der Waals surface area contributed by atoms with Gasteiger partial charge in [-0.25, -0.2) is 0 Å². The van der Waals surface area contributed by atoms with Crippen molar-refractivity contribution in [2.24, 2.45) is 5.73 Å². The lowest BCUT2D eigenvalue weighted by atomic mass is 10.1. The number of rotatable bonds is 6. The molecule has 0 radical (unpaired) electrons. The van der Waals surface area contributed by atoms with E-state index in [-0.39, 0.29) is 6.10 Å². The molecule has 0 aliphatic heterocycles. The average Bonchev–Trinajstić information content (AvgIpc) is 2.27. The molecule has 0 saturated carbocycles. The van der Waals surface area contributed by atoms with Crippen molar-refractivity contribution < 1.29 is 5.11 Å². The molecule has 0 spiro atoms. The summed E-state index contributed by atoms with van der Waals surface area (Å²) >= 11 is 0. The monoisotopic (exact) mass is 208 g/mol. The molecule has 0 aliphatic carbocycles. The first-order valence-corrected chi connectivity index (χ1v) is 5.47. The molecule has 0 aliphatic rings. The van der Waals surface area contributed by atoms with Gasteiger partial charge in [-0.1, -0.05) is 25.1 Å². The van der Waals surface area contributed by atoms with Crippen molar-refractivity contribution in [3.8, 4) is 0 Å². The van der Waals surface area contributed by atoms with Gasteiger partial charge in [-0.05, 0) is 31.0 Å². The molecule has 1 atom stereocenters. The van der Waals surface area contributed by atoms with Crippen LogP contribution in [0.4, 0.5) is 5.69 Å². The van der Waals surface area contributed by atoms with Crippen LogP contribution in [0.25, 0.3) is 0 Å². The second-order valence-corrected chi connectivity index (χ2v) is 3.62. The van der Waals surface area contributed by atoms with E-state index in [4.69, 9.17) is 5.73 Å². The first-order chi connectivity index (χ1) is 7.27. The molecule has 3 heteroatoms. The van der Waals surface area contributed by atoms with Crippen molar-refractivity contribution in [1.29, 1.82) is 0 Å². The Balaban J connectivity index is 2.49. The van der Waals surface area contributed by atoms with Gasteiger partial charge in [0, 0.05) is 12.2 Å². The molecule has 84 valence electrons. The maximum atomic E-state index is 9.53. The Morgan fingerprint density at radius 1 is 1.40 bits per heavy atom. The minimum atomic E-state index is -0.361. The van der Waals surface area contributed by atoms with E-state index in [9.17, 15) is 5.11 Å². The summed E-state index contributed by atoms with van der Waals surface area (Å²) in [7, 11) is 0. The van der Waals surface area contributed by atoms with Crippen molar-refractivity contribution >= 4 is 5.69 Å². The van der Waals surface area contributed by atoms with Crippen LogP contribution >= 0.6 is 0 Å². The zero-order valence-electron chi connectivity index (χ0n) is 9.24. The molecule has 0 heterocycles. The molecule has 3 nitrogen and oxygen atoms in total. The summed E-state index contributed by atoms with van der Waals surface area (Å²) in [6, 6.07) is 8.16. The van der Waals surface area contributed by atoms with Gasteiger partial charge >= 0.3 is 0 Å². The predicted octanol–water partition coefficient (Wildman–Crippen LogP) is 1.37. The summed E-state index contributed by atoms with van der Waals surface area (Å²) in [6.45, 7) is 3.21. The highest BCUT2D eigenvalue weighted by atomic mass is 16.3. The number of aliphatic hydroxyl groups excluding tert-OH is 1. The molecule has 1 unspecified atom stereocenters. The third-order valence-electron chi connectivity index (χ3n) is 2.43. The number of aliphatic hydroxyl groups is 1. The van der Waals surface area contributed by atoms with Gasteiger partial charge in [0.15, 0.2) is 0 Å². The number of nitrogens with one attached hydrogen (secondary N) is 1. The first-order valence-electron chi connectivity index (χ1n) is 5.47. The normalized spacial score (nSPS) is 12.5. The molecule has 0 aromatic heterocycles. The summed E-state index contributed by atoms with van der Waals surface area (Å²) in [5, 5.41) is 12.8. The molecule has 4 N–H and O–H groups in total. The lowest BCUT2D eigenvalue weighted by molar-refractivity contribution is 0.180. The predicted molar refractivity (Wildman–Crippen MR) is 64.0 cm³/mol. The molecule has 0 amide bonds. The summed E-state index contributed by atoms with van der Waals surface area (Å²) in [6.07, 6.45) is 1.28. The average molecular weight is 208 g/mol. The molecular formula is C12H20N2O. The molecule has 15 heavy (non-hydrogen) atoms. The van der Waals surface area contributed by atoms with Gasteiger partial charge in [-0.3, -0.25) is 0 Å². The van der Waals surface area contributed by atoms with Crippen LogP contribution in [-0.4, -0.2) is 24.3 Å². The second kappa shape index (κ2) is 6.43. The third kappa shape index (κ3) is 3.90. The van der Waals surface area contributed by atoms with Crippen molar-refractivity contribution in [2.75, 3.05) is 18.4 Å². The minimum Gasteiger partial charge on any atom is -0.391 e. The van der Waals surface area contributed by atoms with Gasteiger partial charge in [0.2, 0.25) is 0 Å². The third-order valence-corrected chi connectivity index (χ3v) is 2.43. The van der Waals surface area contributed by atoms with Gasteiger partial charge in [0.1, 0.15) is 0 Å². The molecule has 1 aromatic carbocycles. The fraction of sp³-hybridized carbons (Fsp3) is 0.500. The number of para-hydroxylation sites is 1. The van der Waals surface area contributed by atoms with Gasteiger partial charge in [-0.2, -0.15) is 0 Å². The van der Waals surface area contributed by atoms with Crippen LogP contribution in [0, 0.1) is 0 Å². The first kappa shape index (κ1) is 12.0. The molecule has 0 saturated heterocycles. The zero-order chi connectivity index (χ0) is 11.1. The van der Waals surface area contributed by atoms with E-state index in [1.54, 1.807) is 0 Å². The van der Waals surface area contributed by atoms with Crippen LogP contribution in [-0.2, 0) is 6.42 Å². The Morgan fingerprint density at radius 2 is 2.13 bits per heavy atom. The van der Waals surface area contributed by atoms with E-state index in [0.29, 0.717) is 19.5 Å². The second-order valence-electron chi connectivity index (χ2n) is 3.62. The SMILES string of the molecule is CCc1ccccc1NCC(O)CCN. The van der Waals surface area contributed by atoms with E-state index < -0.39 is 0 Å². The van der Waals surface area contributed by atoms with E-state index in [0.717, 1.165) is 12.1 Å². The van der Waals surface area contributed by atoms with Crippen molar-refractivity contribution in [3.05, 3.63) is 29.8 Å². The molecular weight excluding hydrogens is 188 g/mol. The highest BCUT2D eigenvalue weighted by Crippen LogP contribution is 2.15. The number of hydrogen-bond donors (Lipinski definition) is 3. The summed E-state index contributed by atoms with van der Waals surface area (Å²) in [4.78, 5) is 0. The standard InChI is InChI=1S/C12H20N2O/c1-2-10-5-3-4-6-12(10)14-9-11(15)7-8-13/h3-6,11,14-15H,2,7-9,13H2,1H3. The highest BCUT2D eigenvalue weighted by Gasteiger charge is 2.03. The Morgan fingerprint density at radius 3 is 2.80 bits per heavy atom. The number of nitrogens with two attached hydrogens (primary N) is 1. The number of anilines is 1. The van der Waals surface area contributed by atoms with Crippen LogP contribution in [0.15, 0.2) is 24.3 Å². The minimum absolute atomic E-state index is 0.361. The topological polar surface area (TPSA) is 58.3 Å².